The summed E-state index contributed by atoms with van der Waals surface area (Å²) in [6.07, 6.45) is 0.831. The summed E-state index contributed by atoms with van der Waals surface area (Å²) in [7, 11) is 0. The first-order valence-electron chi connectivity index (χ1n) is 6.98. The molecule has 0 aromatic heterocycles. The molecule has 0 aliphatic rings. The largest absolute Gasteiger partial charge is 0.462 e. The molecule has 0 saturated heterocycles. The Hall–Kier alpha value is -2.49. The zero-order valence-electron chi connectivity index (χ0n) is 12.3. The van der Waals surface area contributed by atoms with E-state index < -0.39 is 5.97 Å². The molecular formula is C17H19NO3. The van der Waals surface area contributed by atoms with Crippen LogP contribution in [0.2, 0.25) is 0 Å². The van der Waals surface area contributed by atoms with Crippen LogP contribution in [0.3, 0.4) is 0 Å². The predicted octanol–water partition coefficient (Wildman–Crippen LogP) is 3.80. The fourth-order valence-electron chi connectivity index (χ4n) is 2.04. The number of carbonyl (C=O) groups excluding carboxylic acids is 1. The van der Waals surface area contributed by atoms with Crippen LogP contribution in [-0.2, 0) is 11.2 Å². The molecule has 110 valence electrons. The molecule has 0 unspecified atom stereocenters. The van der Waals surface area contributed by atoms with E-state index in [-0.39, 0.29) is 0 Å². The van der Waals surface area contributed by atoms with Crippen LogP contribution in [0, 0.1) is 0 Å². The summed E-state index contributed by atoms with van der Waals surface area (Å²) in [4.78, 5) is 12.0. The lowest BCUT2D eigenvalue weighted by Crippen LogP contribution is -2.08. The highest BCUT2D eigenvalue weighted by atomic mass is 16.5. The Morgan fingerprint density at radius 3 is 2.57 bits per heavy atom. The Morgan fingerprint density at radius 1 is 1.10 bits per heavy atom. The molecule has 2 N–H and O–H groups in total. The Kier molecular flexibility index (Phi) is 4.82. The Bertz CT molecular complexity index is 638. The number of hydrogen-bond acceptors (Lipinski definition) is 4. The van der Waals surface area contributed by atoms with Gasteiger partial charge in [-0.15, -0.1) is 0 Å². The number of anilines is 1. The average Bonchev–Trinajstić information content (AvgIpc) is 2.50. The maximum absolute atomic E-state index is 12.0. The number of rotatable bonds is 5. The third-order valence-corrected chi connectivity index (χ3v) is 3.11. The van der Waals surface area contributed by atoms with Gasteiger partial charge in [0, 0.05) is 0 Å². The van der Waals surface area contributed by atoms with Crippen molar-refractivity contribution in [3.8, 4) is 11.5 Å². The molecule has 4 nitrogen and oxygen atoms in total. The van der Waals surface area contributed by atoms with Crippen LogP contribution in [0.4, 0.5) is 5.69 Å². The second-order valence-corrected chi connectivity index (χ2v) is 4.51. The van der Waals surface area contributed by atoms with E-state index in [0.29, 0.717) is 29.4 Å². The van der Waals surface area contributed by atoms with Crippen molar-refractivity contribution in [1.82, 2.24) is 0 Å². The lowest BCUT2D eigenvalue weighted by atomic mass is 10.1. The number of para-hydroxylation sites is 2. The smallest absolute Gasteiger partial charge is 0.342 e. The highest BCUT2D eigenvalue weighted by molar-refractivity contribution is 5.94. The Morgan fingerprint density at radius 2 is 1.86 bits per heavy atom. The second kappa shape index (κ2) is 6.79. The van der Waals surface area contributed by atoms with Crippen LogP contribution in [0.15, 0.2) is 42.5 Å². The van der Waals surface area contributed by atoms with Crippen molar-refractivity contribution < 1.29 is 14.3 Å². The lowest BCUT2D eigenvalue weighted by Gasteiger charge is -2.14. The van der Waals surface area contributed by atoms with E-state index in [1.165, 1.54) is 0 Å². The van der Waals surface area contributed by atoms with E-state index in [0.717, 1.165) is 12.0 Å². The first kappa shape index (κ1) is 14.9. The van der Waals surface area contributed by atoms with Crippen LogP contribution >= 0.6 is 0 Å². The lowest BCUT2D eigenvalue weighted by molar-refractivity contribution is 0.0523. The van der Waals surface area contributed by atoms with Gasteiger partial charge in [0.25, 0.3) is 0 Å². The molecule has 0 spiro atoms. The minimum atomic E-state index is -0.436. The van der Waals surface area contributed by atoms with Gasteiger partial charge in [-0.3, -0.25) is 0 Å². The SMILES string of the molecule is CCOC(=O)c1cccc(N)c1Oc1ccccc1CC. The van der Waals surface area contributed by atoms with Gasteiger partial charge in [0.1, 0.15) is 11.3 Å². The summed E-state index contributed by atoms with van der Waals surface area (Å²) < 4.78 is 10.9. The second-order valence-electron chi connectivity index (χ2n) is 4.51. The standard InChI is InChI=1S/C17H19NO3/c1-3-12-8-5-6-11-15(12)21-16-13(17(19)20-4-2)9-7-10-14(16)18/h5-11H,3-4,18H2,1-2H3. The quantitative estimate of drug-likeness (QED) is 0.670. The maximum atomic E-state index is 12.0. The molecule has 2 aromatic carbocycles. The third-order valence-electron chi connectivity index (χ3n) is 3.11. The molecule has 0 aliphatic carbocycles. The third kappa shape index (κ3) is 3.34. The van der Waals surface area contributed by atoms with Crippen LogP contribution in [-0.4, -0.2) is 12.6 Å². The van der Waals surface area contributed by atoms with Crippen LogP contribution < -0.4 is 10.5 Å². The molecule has 2 rings (SSSR count). The van der Waals surface area contributed by atoms with Gasteiger partial charge in [-0.2, -0.15) is 0 Å². The van der Waals surface area contributed by atoms with Crippen LogP contribution in [0.1, 0.15) is 29.8 Å². The van der Waals surface area contributed by atoms with Gasteiger partial charge in [0.05, 0.1) is 12.3 Å². The van der Waals surface area contributed by atoms with Crippen molar-refractivity contribution in [3.05, 3.63) is 53.6 Å². The van der Waals surface area contributed by atoms with E-state index >= 15 is 0 Å². The first-order valence-corrected chi connectivity index (χ1v) is 6.98. The molecular weight excluding hydrogens is 266 g/mol. The summed E-state index contributed by atoms with van der Waals surface area (Å²) >= 11 is 0. The van der Waals surface area contributed by atoms with Gasteiger partial charge in [-0.1, -0.05) is 31.2 Å². The van der Waals surface area contributed by atoms with E-state index in [4.69, 9.17) is 15.2 Å². The zero-order chi connectivity index (χ0) is 15.2. The maximum Gasteiger partial charge on any atom is 0.342 e. The summed E-state index contributed by atoms with van der Waals surface area (Å²) in [6, 6.07) is 12.7. The summed E-state index contributed by atoms with van der Waals surface area (Å²) in [5.41, 5.74) is 7.76. The summed E-state index contributed by atoms with van der Waals surface area (Å²) in [6.45, 7) is 4.11. The monoisotopic (exact) mass is 285 g/mol. The fourth-order valence-corrected chi connectivity index (χ4v) is 2.04. The molecule has 4 heteroatoms. The predicted molar refractivity (Wildman–Crippen MR) is 82.7 cm³/mol. The number of carbonyl (C=O) groups is 1. The van der Waals surface area contributed by atoms with E-state index in [1.54, 1.807) is 25.1 Å². The molecule has 21 heavy (non-hydrogen) atoms. The van der Waals surface area contributed by atoms with Crippen molar-refractivity contribution in [2.24, 2.45) is 0 Å². The van der Waals surface area contributed by atoms with E-state index in [1.807, 2.05) is 31.2 Å². The van der Waals surface area contributed by atoms with Gasteiger partial charge in [-0.25, -0.2) is 4.79 Å². The number of ether oxygens (including phenoxy) is 2. The normalized spacial score (nSPS) is 10.2. The van der Waals surface area contributed by atoms with Gasteiger partial charge >= 0.3 is 5.97 Å². The molecule has 0 fully saturated rings. The first-order chi connectivity index (χ1) is 10.2. The average molecular weight is 285 g/mol. The topological polar surface area (TPSA) is 61.5 Å². The fraction of sp³-hybridized carbons (Fsp3) is 0.235. The number of hydrogen-bond donors (Lipinski definition) is 1. The van der Waals surface area contributed by atoms with E-state index in [9.17, 15) is 4.79 Å². The number of nitrogens with two attached hydrogens (primary N) is 1. The number of aryl methyl sites for hydroxylation is 1. The van der Waals surface area contributed by atoms with Gasteiger partial charge < -0.3 is 15.2 Å². The number of esters is 1. The summed E-state index contributed by atoms with van der Waals surface area (Å²) in [5, 5.41) is 0. The van der Waals surface area contributed by atoms with Crippen molar-refractivity contribution in [1.29, 1.82) is 0 Å². The van der Waals surface area contributed by atoms with Crippen molar-refractivity contribution >= 4 is 11.7 Å². The van der Waals surface area contributed by atoms with Gasteiger partial charge in [0.15, 0.2) is 5.75 Å². The van der Waals surface area contributed by atoms with Crippen LogP contribution in [0.25, 0.3) is 0 Å². The molecule has 0 atom stereocenters. The van der Waals surface area contributed by atoms with Gasteiger partial charge in [-0.05, 0) is 37.1 Å². The van der Waals surface area contributed by atoms with Crippen molar-refractivity contribution in [3.63, 3.8) is 0 Å². The van der Waals surface area contributed by atoms with Crippen molar-refractivity contribution in [2.75, 3.05) is 12.3 Å². The molecule has 0 saturated carbocycles. The van der Waals surface area contributed by atoms with Crippen molar-refractivity contribution in [2.45, 2.75) is 20.3 Å². The van der Waals surface area contributed by atoms with Crippen LogP contribution in [0.5, 0.6) is 11.5 Å². The molecule has 0 radical (unpaired) electrons. The summed E-state index contributed by atoms with van der Waals surface area (Å²) in [5.74, 6) is 0.606. The highest BCUT2D eigenvalue weighted by Gasteiger charge is 2.17. The molecule has 2 aromatic rings. The molecule has 0 amide bonds. The molecule has 0 bridgehead atoms. The number of nitrogen functional groups attached to an aromatic ring is 1. The molecule has 0 heterocycles. The Labute approximate surface area is 124 Å². The van der Waals surface area contributed by atoms with Gasteiger partial charge in [0.2, 0.25) is 0 Å². The highest BCUT2D eigenvalue weighted by Crippen LogP contribution is 2.33. The zero-order valence-corrected chi connectivity index (χ0v) is 12.3. The Balaban J connectivity index is 2.41. The van der Waals surface area contributed by atoms with E-state index in [2.05, 4.69) is 0 Å². The molecule has 0 aliphatic heterocycles. The number of benzene rings is 2. The minimum absolute atomic E-state index is 0.304. The minimum Gasteiger partial charge on any atom is -0.462 e.